The van der Waals surface area contributed by atoms with Gasteiger partial charge in [0.25, 0.3) is 5.91 Å². The third kappa shape index (κ3) is 4.78. The summed E-state index contributed by atoms with van der Waals surface area (Å²) >= 11 is 0. The Morgan fingerprint density at radius 2 is 1.83 bits per heavy atom. The number of pyridine rings is 1. The zero-order chi connectivity index (χ0) is 24.4. The highest BCUT2D eigenvalue weighted by atomic mass is 19.1. The molecular formula is C29H25FN2O3. The lowest BCUT2D eigenvalue weighted by atomic mass is 9.80. The number of nitrogens with zero attached hydrogens (tertiary/aromatic N) is 1. The number of esters is 1. The summed E-state index contributed by atoms with van der Waals surface area (Å²) in [6, 6.07) is 21.9. The van der Waals surface area contributed by atoms with Crippen LogP contribution in [0, 0.1) is 12.7 Å². The number of hydrogen-bond acceptors (Lipinski definition) is 4. The first-order chi connectivity index (χ1) is 17.0. The van der Waals surface area contributed by atoms with Crippen molar-refractivity contribution in [2.24, 2.45) is 0 Å². The smallest absolute Gasteiger partial charge is 0.339 e. The molecule has 1 N–H and O–H groups in total. The van der Waals surface area contributed by atoms with Crippen molar-refractivity contribution in [1.29, 1.82) is 0 Å². The van der Waals surface area contributed by atoms with E-state index in [0.717, 1.165) is 29.6 Å². The number of fused-ring (bicyclic) bond motifs is 2. The molecule has 6 heteroatoms. The molecule has 1 aliphatic carbocycles. The van der Waals surface area contributed by atoms with Gasteiger partial charge in [0, 0.05) is 16.8 Å². The van der Waals surface area contributed by atoms with Crippen molar-refractivity contribution >= 4 is 28.5 Å². The number of carbonyl (C=O) groups excluding carboxylic acids is 2. The van der Waals surface area contributed by atoms with Crippen molar-refractivity contribution in [1.82, 2.24) is 4.98 Å². The van der Waals surface area contributed by atoms with Crippen LogP contribution in [0.4, 0.5) is 10.1 Å². The summed E-state index contributed by atoms with van der Waals surface area (Å²) in [5, 5.41) is 3.33. The van der Waals surface area contributed by atoms with E-state index in [4.69, 9.17) is 9.72 Å². The second-order valence-electron chi connectivity index (χ2n) is 8.86. The van der Waals surface area contributed by atoms with Crippen LogP contribution in [-0.4, -0.2) is 23.5 Å². The summed E-state index contributed by atoms with van der Waals surface area (Å²) < 4.78 is 19.0. The van der Waals surface area contributed by atoms with Crippen LogP contribution in [-0.2, 0) is 22.4 Å². The normalized spacial score (nSPS) is 14.9. The molecule has 1 heterocycles. The lowest BCUT2D eigenvalue weighted by Gasteiger charge is -2.27. The lowest BCUT2D eigenvalue weighted by Crippen LogP contribution is -2.24. The van der Waals surface area contributed by atoms with Gasteiger partial charge in [-0.15, -0.1) is 0 Å². The molecule has 1 atom stereocenters. The maximum atomic E-state index is 13.6. The number of aryl methyl sites for hydroxylation is 2. The molecular weight excluding hydrogens is 443 g/mol. The summed E-state index contributed by atoms with van der Waals surface area (Å²) in [4.78, 5) is 30.7. The van der Waals surface area contributed by atoms with Gasteiger partial charge in [-0.2, -0.15) is 0 Å². The average Bonchev–Trinajstić information content (AvgIpc) is 2.88. The number of ether oxygens (including phenoxy) is 1. The summed E-state index contributed by atoms with van der Waals surface area (Å²) in [5.74, 6) is -1.26. The van der Waals surface area contributed by atoms with Gasteiger partial charge in [0.15, 0.2) is 6.61 Å². The summed E-state index contributed by atoms with van der Waals surface area (Å²) in [6.07, 6.45) is 2.39. The van der Waals surface area contributed by atoms with Crippen LogP contribution < -0.4 is 5.32 Å². The van der Waals surface area contributed by atoms with E-state index in [9.17, 15) is 14.0 Å². The van der Waals surface area contributed by atoms with E-state index in [-0.39, 0.29) is 5.92 Å². The Labute approximate surface area is 203 Å². The van der Waals surface area contributed by atoms with Crippen LogP contribution in [0.3, 0.4) is 0 Å². The standard InChI is InChI=1S/C29H25FN2O3/c1-18-11-13-21(30)16-26(18)32-27(33)17-35-29(34)28-22-9-5-6-10-24(22)31-25-14-12-20(15-23(25)28)19-7-3-2-4-8-19/h2-11,13,16,20H,12,14-15,17H2,1H3,(H,32,33). The Kier molecular flexibility index (Phi) is 6.27. The SMILES string of the molecule is Cc1ccc(F)cc1NC(=O)COC(=O)c1c2c(nc3ccccc13)CCC(c1ccccc1)C2. The largest absolute Gasteiger partial charge is 0.452 e. The zero-order valence-corrected chi connectivity index (χ0v) is 19.4. The maximum Gasteiger partial charge on any atom is 0.339 e. The number of anilines is 1. The number of aromatic nitrogens is 1. The predicted molar refractivity (Wildman–Crippen MR) is 133 cm³/mol. The number of carbonyl (C=O) groups is 2. The molecule has 0 spiro atoms. The third-order valence-electron chi connectivity index (χ3n) is 6.54. The van der Waals surface area contributed by atoms with Crippen LogP contribution in [0.1, 0.15) is 45.1 Å². The fraction of sp³-hybridized carbons (Fsp3) is 0.207. The van der Waals surface area contributed by atoms with E-state index in [0.29, 0.717) is 28.6 Å². The van der Waals surface area contributed by atoms with Crippen LogP contribution in [0.2, 0.25) is 0 Å². The number of halogens is 1. The van der Waals surface area contributed by atoms with Gasteiger partial charge in [-0.3, -0.25) is 9.78 Å². The van der Waals surface area contributed by atoms with E-state index in [1.807, 2.05) is 42.5 Å². The van der Waals surface area contributed by atoms with Gasteiger partial charge in [0.1, 0.15) is 5.82 Å². The van der Waals surface area contributed by atoms with E-state index >= 15 is 0 Å². The monoisotopic (exact) mass is 468 g/mol. The number of amides is 1. The molecule has 1 unspecified atom stereocenters. The van der Waals surface area contributed by atoms with E-state index in [2.05, 4.69) is 17.4 Å². The van der Waals surface area contributed by atoms with Crippen molar-refractivity contribution in [2.75, 3.05) is 11.9 Å². The van der Waals surface area contributed by atoms with Crippen LogP contribution >= 0.6 is 0 Å². The Morgan fingerprint density at radius 3 is 2.66 bits per heavy atom. The van der Waals surface area contributed by atoms with E-state index < -0.39 is 24.3 Å². The summed E-state index contributed by atoms with van der Waals surface area (Å²) in [6.45, 7) is 1.29. The van der Waals surface area contributed by atoms with Crippen LogP contribution in [0.5, 0.6) is 0 Å². The second-order valence-corrected chi connectivity index (χ2v) is 8.86. The van der Waals surface area contributed by atoms with Gasteiger partial charge in [-0.25, -0.2) is 9.18 Å². The maximum absolute atomic E-state index is 13.6. The number of nitrogens with one attached hydrogen (secondary N) is 1. The average molecular weight is 469 g/mol. The quantitative estimate of drug-likeness (QED) is 0.379. The highest BCUT2D eigenvalue weighted by molar-refractivity contribution is 6.06. The number of para-hydroxylation sites is 1. The molecule has 4 aromatic rings. The molecule has 0 saturated heterocycles. The Hall–Kier alpha value is -4.06. The molecule has 35 heavy (non-hydrogen) atoms. The Bertz CT molecular complexity index is 1420. The first-order valence-corrected chi connectivity index (χ1v) is 11.7. The van der Waals surface area contributed by atoms with Gasteiger partial charge in [-0.1, -0.05) is 54.6 Å². The number of rotatable bonds is 5. The minimum absolute atomic E-state index is 0.275. The number of benzene rings is 3. The van der Waals surface area contributed by atoms with Crippen LogP contribution in [0.15, 0.2) is 72.8 Å². The minimum Gasteiger partial charge on any atom is -0.452 e. The van der Waals surface area contributed by atoms with Crippen molar-refractivity contribution in [3.63, 3.8) is 0 Å². The van der Waals surface area contributed by atoms with Crippen LogP contribution in [0.25, 0.3) is 10.9 Å². The first kappa shape index (κ1) is 22.7. The highest BCUT2D eigenvalue weighted by Gasteiger charge is 2.28. The predicted octanol–water partition coefficient (Wildman–Crippen LogP) is 5.75. The van der Waals surface area contributed by atoms with Gasteiger partial charge < -0.3 is 10.1 Å². The van der Waals surface area contributed by atoms with E-state index in [1.54, 1.807) is 13.0 Å². The van der Waals surface area contributed by atoms with Gasteiger partial charge in [-0.05, 0) is 67.0 Å². The lowest BCUT2D eigenvalue weighted by molar-refractivity contribution is -0.119. The summed E-state index contributed by atoms with van der Waals surface area (Å²) in [7, 11) is 0. The molecule has 5 rings (SSSR count). The van der Waals surface area contributed by atoms with Gasteiger partial charge >= 0.3 is 5.97 Å². The molecule has 0 saturated carbocycles. The molecule has 1 aromatic heterocycles. The molecule has 1 aliphatic rings. The number of hydrogen-bond donors (Lipinski definition) is 1. The molecule has 0 fully saturated rings. The van der Waals surface area contributed by atoms with Gasteiger partial charge in [0.2, 0.25) is 0 Å². The summed E-state index contributed by atoms with van der Waals surface area (Å²) in [5.41, 5.74) is 5.29. The highest BCUT2D eigenvalue weighted by Crippen LogP contribution is 2.36. The second kappa shape index (κ2) is 9.66. The fourth-order valence-corrected chi connectivity index (χ4v) is 4.75. The fourth-order valence-electron chi connectivity index (χ4n) is 4.75. The molecule has 1 amide bonds. The molecule has 5 nitrogen and oxygen atoms in total. The molecule has 0 bridgehead atoms. The zero-order valence-electron chi connectivity index (χ0n) is 19.4. The molecule has 0 radical (unpaired) electrons. The van der Waals surface area contributed by atoms with Crippen molar-refractivity contribution in [3.8, 4) is 0 Å². The Balaban J connectivity index is 1.41. The van der Waals surface area contributed by atoms with Crippen molar-refractivity contribution in [3.05, 3.63) is 107 Å². The third-order valence-corrected chi connectivity index (χ3v) is 6.54. The van der Waals surface area contributed by atoms with Gasteiger partial charge in [0.05, 0.1) is 11.1 Å². The van der Waals surface area contributed by atoms with Crippen molar-refractivity contribution < 1.29 is 18.7 Å². The topological polar surface area (TPSA) is 68.3 Å². The molecule has 176 valence electrons. The molecule has 3 aromatic carbocycles. The minimum atomic E-state index is -0.556. The van der Waals surface area contributed by atoms with Crippen molar-refractivity contribution in [2.45, 2.75) is 32.1 Å². The first-order valence-electron chi connectivity index (χ1n) is 11.7. The Morgan fingerprint density at radius 1 is 1.06 bits per heavy atom. The van der Waals surface area contributed by atoms with E-state index in [1.165, 1.54) is 17.7 Å². The molecule has 0 aliphatic heterocycles.